The van der Waals surface area contributed by atoms with Crippen molar-refractivity contribution in [1.82, 2.24) is 0 Å². The molecule has 1 saturated carbocycles. The topological polar surface area (TPSA) is 38.0 Å². The Bertz CT molecular complexity index is 307. The Morgan fingerprint density at radius 1 is 1.21 bits per heavy atom. The van der Waals surface area contributed by atoms with E-state index in [1.54, 1.807) is 0 Å². The quantitative estimate of drug-likeness (QED) is 0.750. The molecule has 3 N–H and O–H groups in total. The van der Waals surface area contributed by atoms with E-state index < -0.39 is 0 Å². The summed E-state index contributed by atoms with van der Waals surface area (Å²) in [6.07, 6.45) is 2.21. The number of rotatable bonds is 2. The summed E-state index contributed by atoms with van der Waals surface area (Å²) in [5.41, 5.74) is 9.70. The third kappa shape index (κ3) is 1.75. The van der Waals surface area contributed by atoms with Crippen LogP contribution in [0.25, 0.3) is 0 Å². The largest absolute Gasteiger partial charge is 0.382 e. The predicted octanol–water partition coefficient (Wildman–Crippen LogP) is 2.21. The molecule has 1 aliphatic rings. The van der Waals surface area contributed by atoms with E-state index in [2.05, 4.69) is 37.4 Å². The summed E-state index contributed by atoms with van der Waals surface area (Å²) in [5.74, 6) is 0. The van der Waals surface area contributed by atoms with E-state index in [9.17, 15) is 0 Å². The molecule has 1 fully saturated rings. The van der Waals surface area contributed by atoms with E-state index in [0.29, 0.717) is 12.1 Å². The predicted molar refractivity (Wildman–Crippen MR) is 60.5 cm³/mol. The molecule has 0 amide bonds. The Morgan fingerprint density at radius 2 is 1.79 bits per heavy atom. The zero-order valence-electron chi connectivity index (χ0n) is 8.88. The Kier molecular flexibility index (Phi) is 2.46. The molecule has 0 radical (unpaired) electrons. The van der Waals surface area contributed by atoms with Gasteiger partial charge in [0, 0.05) is 17.8 Å². The van der Waals surface area contributed by atoms with Crippen molar-refractivity contribution in [3.8, 4) is 0 Å². The number of hydrogen-bond acceptors (Lipinski definition) is 2. The molecule has 0 heterocycles. The average Bonchev–Trinajstić information content (AvgIpc) is 2.08. The first-order chi connectivity index (χ1) is 6.66. The normalized spacial score (nSPS) is 25.6. The zero-order chi connectivity index (χ0) is 10.1. The van der Waals surface area contributed by atoms with Gasteiger partial charge in [-0.3, -0.25) is 0 Å². The van der Waals surface area contributed by atoms with Gasteiger partial charge in [0.25, 0.3) is 0 Å². The van der Waals surface area contributed by atoms with Crippen molar-refractivity contribution in [2.45, 2.75) is 38.8 Å². The van der Waals surface area contributed by atoms with Crippen molar-refractivity contribution < 1.29 is 0 Å². The molecule has 0 aromatic heterocycles. The van der Waals surface area contributed by atoms with Gasteiger partial charge in [-0.05, 0) is 37.8 Å². The van der Waals surface area contributed by atoms with Crippen molar-refractivity contribution in [3.63, 3.8) is 0 Å². The molecule has 0 spiro atoms. The number of nitrogens with two attached hydrogens (primary N) is 1. The van der Waals surface area contributed by atoms with Crippen molar-refractivity contribution in [2.24, 2.45) is 5.73 Å². The number of nitrogens with one attached hydrogen (secondary N) is 1. The first-order valence-electron chi connectivity index (χ1n) is 5.25. The molecule has 14 heavy (non-hydrogen) atoms. The maximum absolute atomic E-state index is 5.76. The second-order valence-electron chi connectivity index (χ2n) is 4.34. The van der Waals surface area contributed by atoms with E-state index in [1.807, 2.05) is 0 Å². The summed E-state index contributed by atoms with van der Waals surface area (Å²) in [6.45, 7) is 4.29. The van der Waals surface area contributed by atoms with E-state index in [4.69, 9.17) is 5.73 Å². The number of anilines is 1. The fourth-order valence-corrected chi connectivity index (χ4v) is 2.03. The lowest BCUT2D eigenvalue weighted by Crippen LogP contribution is -2.44. The Hall–Kier alpha value is -1.02. The molecule has 2 nitrogen and oxygen atoms in total. The molecular formula is C12H18N2. The lowest BCUT2D eigenvalue weighted by molar-refractivity contribution is 0.373. The summed E-state index contributed by atoms with van der Waals surface area (Å²) in [4.78, 5) is 0. The molecule has 76 valence electrons. The number of benzene rings is 1. The van der Waals surface area contributed by atoms with Crippen LogP contribution in [0.1, 0.15) is 24.0 Å². The van der Waals surface area contributed by atoms with Crippen LogP contribution in [0, 0.1) is 13.8 Å². The van der Waals surface area contributed by atoms with Crippen LogP contribution in [0.5, 0.6) is 0 Å². The second-order valence-corrected chi connectivity index (χ2v) is 4.34. The van der Waals surface area contributed by atoms with Gasteiger partial charge >= 0.3 is 0 Å². The third-order valence-electron chi connectivity index (χ3n) is 3.00. The second kappa shape index (κ2) is 3.62. The van der Waals surface area contributed by atoms with Gasteiger partial charge in [-0.1, -0.05) is 18.2 Å². The summed E-state index contributed by atoms with van der Waals surface area (Å²) in [5, 5.41) is 3.57. The smallest absolute Gasteiger partial charge is 0.0401 e. The minimum absolute atomic E-state index is 0.414. The maximum Gasteiger partial charge on any atom is 0.0401 e. The molecule has 1 aromatic carbocycles. The van der Waals surface area contributed by atoms with Gasteiger partial charge in [-0.2, -0.15) is 0 Å². The highest BCUT2D eigenvalue weighted by Gasteiger charge is 2.26. The Balaban J connectivity index is 2.09. The molecule has 0 unspecified atom stereocenters. The van der Waals surface area contributed by atoms with E-state index in [1.165, 1.54) is 16.8 Å². The third-order valence-corrected chi connectivity index (χ3v) is 3.00. The van der Waals surface area contributed by atoms with Crippen molar-refractivity contribution in [3.05, 3.63) is 29.3 Å². The van der Waals surface area contributed by atoms with Crippen LogP contribution in [0.15, 0.2) is 18.2 Å². The standard InChI is InChI=1S/C12H18N2/c1-8-4-3-5-9(2)12(8)14-11-6-10(13)7-11/h3-5,10-11,14H,6-7,13H2,1-2H3. The molecule has 1 aromatic rings. The van der Waals surface area contributed by atoms with E-state index >= 15 is 0 Å². The first kappa shape index (κ1) is 9.53. The van der Waals surface area contributed by atoms with Gasteiger partial charge in [0.15, 0.2) is 0 Å². The minimum Gasteiger partial charge on any atom is -0.382 e. The van der Waals surface area contributed by atoms with Crippen molar-refractivity contribution in [2.75, 3.05) is 5.32 Å². The molecule has 1 aliphatic carbocycles. The molecule has 2 heteroatoms. The average molecular weight is 190 g/mol. The van der Waals surface area contributed by atoms with Gasteiger partial charge in [0.1, 0.15) is 0 Å². The van der Waals surface area contributed by atoms with E-state index in [0.717, 1.165) is 12.8 Å². The van der Waals surface area contributed by atoms with Gasteiger partial charge in [-0.15, -0.1) is 0 Å². The summed E-state index contributed by atoms with van der Waals surface area (Å²) >= 11 is 0. The van der Waals surface area contributed by atoms with Gasteiger partial charge in [0.05, 0.1) is 0 Å². The molecule has 0 saturated heterocycles. The molecular weight excluding hydrogens is 172 g/mol. The maximum atomic E-state index is 5.76. The number of hydrogen-bond donors (Lipinski definition) is 2. The SMILES string of the molecule is Cc1cccc(C)c1NC1CC(N)C1. The Labute approximate surface area is 85.5 Å². The van der Waals surface area contributed by atoms with Crippen LogP contribution in [0.2, 0.25) is 0 Å². The summed E-state index contributed by atoms with van der Waals surface area (Å²) in [7, 11) is 0. The summed E-state index contributed by atoms with van der Waals surface area (Å²) in [6, 6.07) is 7.39. The number of aryl methyl sites for hydroxylation is 2. The fraction of sp³-hybridized carbons (Fsp3) is 0.500. The lowest BCUT2D eigenvalue weighted by Gasteiger charge is -2.34. The van der Waals surface area contributed by atoms with Crippen molar-refractivity contribution in [1.29, 1.82) is 0 Å². The first-order valence-corrected chi connectivity index (χ1v) is 5.25. The fourth-order valence-electron chi connectivity index (χ4n) is 2.03. The van der Waals surface area contributed by atoms with Crippen LogP contribution in [-0.2, 0) is 0 Å². The monoisotopic (exact) mass is 190 g/mol. The Morgan fingerprint density at radius 3 is 2.29 bits per heavy atom. The van der Waals surface area contributed by atoms with Gasteiger partial charge < -0.3 is 11.1 Å². The highest BCUT2D eigenvalue weighted by Crippen LogP contribution is 2.26. The van der Waals surface area contributed by atoms with Gasteiger partial charge in [-0.25, -0.2) is 0 Å². The van der Waals surface area contributed by atoms with Gasteiger partial charge in [0.2, 0.25) is 0 Å². The van der Waals surface area contributed by atoms with Crippen LogP contribution in [-0.4, -0.2) is 12.1 Å². The molecule has 2 rings (SSSR count). The van der Waals surface area contributed by atoms with Crippen LogP contribution in [0.3, 0.4) is 0 Å². The zero-order valence-corrected chi connectivity index (χ0v) is 8.88. The molecule has 0 bridgehead atoms. The highest BCUT2D eigenvalue weighted by molar-refractivity contribution is 5.57. The highest BCUT2D eigenvalue weighted by atomic mass is 15.0. The molecule has 0 aliphatic heterocycles. The van der Waals surface area contributed by atoms with Crippen LogP contribution < -0.4 is 11.1 Å². The summed E-state index contributed by atoms with van der Waals surface area (Å²) < 4.78 is 0. The van der Waals surface area contributed by atoms with Crippen LogP contribution in [0.4, 0.5) is 5.69 Å². The number of para-hydroxylation sites is 1. The lowest BCUT2D eigenvalue weighted by atomic mass is 9.87. The van der Waals surface area contributed by atoms with Crippen molar-refractivity contribution >= 4 is 5.69 Å². The van der Waals surface area contributed by atoms with E-state index in [-0.39, 0.29) is 0 Å². The minimum atomic E-state index is 0.414. The molecule has 0 atom stereocenters. The van der Waals surface area contributed by atoms with Crippen LogP contribution >= 0.6 is 0 Å².